The first-order valence-electron chi connectivity index (χ1n) is 16.5. The number of aryl methyl sites for hydroxylation is 1. The van der Waals surface area contributed by atoms with Gasteiger partial charge in [0.25, 0.3) is 5.91 Å². The van der Waals surface area contributed by atoms with Gasteiger partial charge in [-0.1, -0.05) is 24.3 Å². The molecule has 2 aromatic carbocycles. The molecule has 5 rings (SSSR count). The first-order valence-corrected chi connectivity index (χ1v) is 16.5. The lowest BCUT2D eigenvalue weighted by Gasteiger charge is -2.41. The lowest BCUT2D eigenvalue weighted by Crippen LogP contribution is -2.56. The molecular formula is C36H41F3N8O4. The van der Waals surface area contributed by atoms with E-state index in [1.54, 1.807) is 38.7 Å². The predicted octanol–water partition coefficient (Wildman–Crippen LogP) is 6.49. The molecule has 0 saturated carbocycles. The highest BCUT2D eigenvalue weighted by molar-refractivity contribution is 6.06. The van der Waals surface area contributed by atoms with E-state index in [0.29, 0.717) is 23.7 Å². The number of halogens is 3. The van der Waals surface area contributed by atoms with Crippen molar-refractivity contribution in [2.45, 2.75) is 71.8 Å². The molecule has 1 saturated heterocycles. The maximum Gasteiger partial charge on any atom is 0.418 e. The molecule has 15 heteroatoms. The number of aromatic nitrogens is 2. The topological polar surface area (TPSA) is 127 Å². The maximum absolute atomic E-state index is 14.3. The number of nitrogens with zero attached hydrogens (tertiary/aromatic N) is 8. The molecule has 1 fully saturated rings. The molecule has 0 aliphatic carbocycles. The van der Waals surface area contributed by atoms with E-state index in [0.717, 1.165) is 23.7 Å². The number of alkyl halides is 3. The summed E-state index contributed by atoms with van der Waals surface area (Å²) in [5.41, 5.74) is -0.401. The second-order valence-electron chi connectivity index (χ2n) is 13.6. The quantitative estimate of drug-likeness (QED) is 0.200. The van der Waals surface area contributed by atoms with E-state index in [1.807, 2.05) is 19.2 Å². The number of amides is 2. The SMILES string of the molecule is C=NN(C(=O)c1nc(Oc2cccc3c2CCN(C)C3)nc(N2CCN(C(=O)OC(C)(C)C)C(CC#N)C2)c1C)c1cccc(C)c1C(F)(F)F. The van der Waals surface area contributed by atoms with Gasteiger partial charge in [-0.2, -0.15) is 38.5 Å². The fourth-order valence-electron chi connectivity index (χ4n) is 6.39. The number of piperazine rings is 1. The zero-order valence-electron chi connectivity index (χ0n) is 29.5. The van der Waals surface area contributed by atoms with Gasteiger partial charge in [-0.3, -0.25) is 4.79 Å². The fourth-order valence-corrected chi connectivity index (χ4v) is 6.39. The Labute approximate surface area is 295 Å². The summed E-state index contributed by atoms with van der Waals surface area (Å²) in [6.45, 7) is 13.6. The molecule has 0 spiro atoms. The van der Waals surface area contributed by atoms with Gasteiger partial charge in [-0.25, -0.2) is 4.79 Å². The Morgan fingerprint density at radius 2 is 1.82 bits per heavy atom. The number of carbonyl (C=O) groups is 2. The Bertz CT molecular complexity index is 1870. The number of hydrogen-bond donors (Lipinski definition) is 0. The van der Waals surface area contributed by atoms with Gasteiger partial charge in [-0.05, 0) is 71.3 Å². The molecule has 2 aliphatic heterocycles. The third kappa shape index (κ3) is 8.06. The zero-order chi connectivity index (χ0) is 37.2. The maximum atomic E-state index is 14.3. The van der Waals surface area contributed by atoms with Gasteiger partial charge in [0.2, 0.25) is 0 Å². The van der Waals surface area contributed by atoms with E-state index < -0.39 is 41.1 Å². The number of rotatable bonds is 7. The average Bonchev–Trinajstić information content (AvgIpc) is 3.04. The van der Waals surface area contributed by atoms with Crippen LogP contribution in [-0.4, -0.2) is 83.4 Å². The monoisotopic (exact) mass is 706 g/mol. The summed E-state index contributed by atoms with van der Waals surface area (Å²) in [4.78, 5) is 42.0. The minimum absolute atomic E-state index is 0.0125. The van der Waals surface area contributed by atoms with Crippen LogP contribution in [0.2, 0.25) is 0 Å². The fraction of sp³-hybridized carbons (Fsp3) is 0.444. The first kappa shape index (κ1) is 37.0. The summed E-state index contributed by atoms with van der Waals surface area (Å²) < 4.78 is 54.8. The van der Waals surface area contributed by atoms with Gasteiger partial charge in [0.15, 0.2) is 0 Å². The van der Waals surface area contributed by atoms with Crippen LogP contribution in [0, 0.1) is 25.2 Å². The highest BCUT2D eigenvalue weighted by atomic mass is 19.4. The van der Waals surface area contributed by atoms with Gasteiger partial charge in [-0.15, -0.1) is 0 Å². The van der Waals surface area contributed by atoms with Crippen LogP contribution in [0.4, 0.5) is 29.5 Å². The molecule has 3 heterocycles. The number of ether oxygens (including phenoxy) is 2. The molecule has 0 bridgehead atoms. The highest BCUT2D eigenvalue weighted by Gasteiger charge is 2.40. The number of benzene rings is 2. The third-order valence-corrected chi connectivity index (χ3v) is 8.75. The molecule has 0 radical (unpaired) electrons. The van der Waals surface area contributed by atoms with E-state index in [1.165, 1.54) is 24.0 Å². The van der Waals surface area contributed by atoms with Crippen molar-refractivity contribution in [3.8, 4) is 17.8 Å². The summed E-state index contributed by atoms with van der Waals surface area (Å²) in [5.74, 6) is -0.239. The Kier molecular flexibility index (Phi) is 10.6. The Morgan fingerprint density at radius 3 is 2.49 bits per heavy atom. The van der Waals surface area contributed by atoms with Crippen molar-refractivity contribution in [2.75, 3.05) is 43.1 Å². The van der Waals surface area contributed by atoms with Crippen molar-refractivity contribution in [2.24, 2.45) is 5.10 Å². The first-order chi connectivity index (χ1) is 24.0. The number of hydrogen-bond acceptors (Lipinski definition) is 10. The van der Waals surface area contributed by atoms with Crippen molar-refractivity contribution < 1.29 is 32.2 Å². The van der Waals surface area contributed by atoms with Crippen molar-refractivity contribution in [1.29, 1.82) is 5.26 Å². The van der Waals surface area contributed by atoms with Crippen molar-refractivity contribution in [1.82, 2.24) is 19.8 Å². The van der Waals surface area contributed by atoms with Gasteiger partial charge in [0.05, 0.1) is 29.8 Å². The van der Waals surface area contributed by atoms with Gasteiger partial charge < -0.3 is 24.2 Å². The van der Waals surface area contributed by atoms with E-state index in [-0.39, 0.29) is 54.7 Å². The Balaban J connectivity index is 1.60. The molecule has 270 valence electrons. The van der Waals surface area contributed by atoms with Crippen molar-refractivity contribution in [3.05, 3.63) is 69.9 Å². The van der Waals surface area contributed by atoms with Gasteiger partial charge in [0.1, 0.15) is 22.9 Å². The third-order valence-electron chi connectivity index (χ3n) is 8.75. The predicted molar refractivity (Wildman–Crippen MR) is 185 cm³/mol. The van der Waals surface area contributed by atoms with E-state index >= 15 is 0 Å². The van der Waals surface area contributed by atoms with Crippen LogP contribution in [0.1, 0.15) is 65.5 Å². The highest BCUT2D eigenvalue weighted by Crippen LogP contribution is 2.40. The summed E-state index contributed by atoms with van der Waals surface area (Å²) in [6.07, 6.45) is -4.68. The van der Waals surface area contributed by atoms with Crippen LogP contribution in [-0.2, 0) is 23.9 Å². The van der Waals surface area contributed by atoms with Crippen LogP contribution < -0.4 is 14.6 Å². The number of hydrazone groups is 1. The molecule has 12 nitrogen and oxygen atoms in total. The van der Waals surface area contributed by atoms with Crippen LogP contribution in [0.25, 0.3) is 0 Å². The van der Waals surface area contributed by atoms with Crippen LogP contribution in [0.5, 0.6) is 11.8 Å². The molecule has 0 N–H and O–H groups in total. The molecule has 2 amide bonds. The molecule has 1 atom stereocenters. The average molecular weight is 707 g/mol. The second kappa shape index (κ2) is 14.6. The Hall–Kier alpha value is -5.23. The van der Waals surface area contributed by atoms with Crippen LogP contribution in [0.15, 0.2) is 41.5 Å². The largest absolute Gasteiger partial charge is 0.444 e. The number of carbonyl (C=O) groups excluding carboxylic acids is 2. The van der Waals surface area contributed by atoms with Crippen molar-refractivity contribution >= 4 is 30.2 Å². The summed E-state index contributed by atoms with van der Waals surface area (Å²) in [7, 11) is 2.02. The van der Waals surface area contributed by atoms with Crippen LogP contribution >= 0.6 is 0 Å². The lowest BCUT2D eigenvalue weighted by atomic mass is 9.99. The van der Waals surface area contributed by atoms with E-state index in [9.17, 15) is 28.0 Å². The summed E-state index contributed by atoms with van der Waals surface area (Å²) in [6, 6.07) is 10.8. The van der Waals surface area contributed by atoms with E-state index in [2.05, 4.69) is 27.8 Å². The number of anilines is 2. The summed E-state index contributed by atoms with van der Waals surface area (Å²) >= 11 is 0. The number of likely N-dealkylation sites (N-methyl/N-ethyl adjacent to an activating group) is 1. The smallest absolute Gasteiger partial charge is 0.418 e. The number of nitriles is 1. The molecule has 2 aliphatic rings. The zero-order valence-corrected chi connectivity index (χ0v) is 29.5. The minimum Gasteiger partial charge on any atom is -0.444 e. The molecular weight excluding hydrogens is 665 g/mol. The molecule has 1 unspecified atom stereocenters. The second-order valence-corrected chi connectivity index (χ2v) is 13.6. The lowest BCUT2D eigenvalue weighted by molar-refractivity contribution is -0.137. The normalized spacial score (nSPS) is 16.6. The van der Waals surface area contributed by atoms with Crippen LogP contribution in [0.3, 0.4) is 0 Å². The minimum atomic E-state index is -4.80. The Morgan fingerprint density at radius 1 is 1.10 bits per heavy atom. The molecule has 3 aromatic rings. The number of fused-ring (bicyclic) bond motifs is 1. The van der Waals surface area contributed by atoms with Crippen molar-refractivity contribution in [3.63, 3.8) is 0 Å². The summed E-state index contributed by atoms with van der Waals surface area (Å²) in [5, 5.41) is 14.0. The molecule has 51 heavy (non-hydrogen) atoms. The van der Waals surface area contributed by atoms with E-state index in [4.69, 9.17) is 14.5 Å². The van der Waals surface area contributed by atoms with Gasteiger partial charge in [0, 0.05) is 50.6 Å². The standard InChI is InChI=1S/C36H41F3N8O4/c1-22-10-8-12-27(29(22)36(37,38)39)47(41-6)32(48)30-23(2)31(45-18-19-46(25(21-45)14-16-40)34(49)51-35(3,4)5)43-33(42-30)50-28-13-9-11-24-20-44(7)17-15-26(24)28/h8-13,25H,6,14-15,17-21H2,1-5,7H3. The van der Waals surface area contributed by atoms with Gasteiger partial charge >= 0.3 is 18.3 Å². The molecule has 1 aromatic heterocycles.